The minimum absolute atomic E-state index is 0.102. The molecule has 1 aliphatic rings. The van der Waals surface area contributed by atoms with Crippen LogP contribution >= 0.6 is 15.9 Å². The number of hydrogen-bond acceptors (Lipinski definition) is 5. The van der Waals surface area contributed by atoms with Crippen LogP contribution in [0.3, 0.4) is 0 Å². The van der Waals surface area contributed by atoms with E-state index < -0.39 is 22.9 Å². The van der Waals surface area contributed by atoms with Gasteiger partial charge in [0.25, 0.3) is 11.6 Å². The average Bonchev–Trinajstić information content (AvgIpc) is 3.47. The Morgan fingerprint density at radius 3 is 2.46 bits per heavy atom. The Balaban J connectivity index is 1.81. The van der Waals surface area contributed by atoms with Crippen LogP contribution in [0.5, 0.6) is 0 Å². The largest absolute Gasteiger partial charge is 0.447 e. The number of nitrogens with zero attached hydrogens (tertiary/aromatic N) is 1. The summed E-state index contributed by atoms with van der Waals surface area (Å²) < 4.78 is 5.78. The number of hydrogen-bond donors (Lipinski definition) is 1. The molecule has 2 aromatic rings. The first kappa shape index (κ1) is 18.1. The Hall–Kier alpha value is -2.74. The zero-order valence-corrected chi connectivity index (χ0v) is 15.1. The maximum absolute atomic E-state index is 12.7. The van der Waals surface area contributed by atoms with Crippen LogP contribution in [-0.4, -0.2) is 16.8 Å². The highest BCUT2D eigenvalue weighted by Gasteiger charge is 2.35. The van der Waals surface area contributed by atoms with E-state index in [0.29, 0.717) is 15.7 Å². The summed E-state index contributed by atoms with van der Waals surface area (Å²) in [4.78, 5) is 35.0. The third-order valence-corrected chi connectivity index (χ3v) is 4.56. The molecular formula is C18H15BrN2O5. The van der Waals surface area contributed by atoms with Crippen LogP contribution in [0.15, 0.2) is 53.0 Å². The predicted octanol–water partition coefficient (Wildman–Crippen LogP) is 3.99. The molecule has 1 N–H and O–H groups in total. The van der Waals surface area contributed by atoms with Crippen molar-refractivity contribution in [3.05, 3.63) is 68.7 Å². The Morgan fingerprint density at radius 1 is 1.19 bits per heavy atom. The van der Waals surface area contributed by atoms with E-state index in [0.717, 1.165) is 12.8 Å². The molecule has 1 fully saturated rings. The Morgan fingerprint density at radius 2 is 1.88 bits per heavy atom. The third-order valence-electron chi connectivity index (χ3n) is 3.91. The van der Waals surface area contributed by atoms with Crippen LogP contribution in [0.1, 0.15) is 24.5 Å². The molecule has 1 aliphatic carbocycles. The second-order valence-corrected chi connectivity index (χ2v) is 6.77. The molecule has 3 rings (SSSR count). The molecule has 2 aromatic carbocycles. The van der Waals surface area contributed by atoms with Crippen LogP contribution in [-0.2, 0) is 14.3 Å². The molecule has 26 heavy (non-hydrogen) atoms. The molecule has 0 spiro atoms. The van der Waals surface area contributed by atoms with E-state index in [2.05, 4.69) is 21.2 Å². The zero-order valence-electron chi connectivity index (χ0n) is 13.6. The summed E-state index contributed by atoms with van der Waals surface area (Å²) in [7, 11) is 0. The van der Waals surface area contributed by atoms with Crippen molar-refractivity contribution in [2.75, 3.05) is 5.32 Å². The summed E-state index contributed by atoms with van der Waals surface area (Å²) in [5.41, 5.74) is 0.802. The summed E-state index contributed by atoms with van der Waals surface area (Å²) in [6, 6.07) is 12.7. The topological polar surface area (TPSA) is 98.5 Å². The van der Waals surface area contributed by atoms with Crippen molar-refractivity contribution in [2.24, 2.45) is 5.92 Å². The third kappa shape index (κ3) is 4.26. The van der Waals surface area contributed by atoms with Gasteiger partial charge in [-0.05, 0) is 34.8 Å². The Labute approximate surface area is 157 Å². The lowest BCUT2D eigenvalue weighted by Gasteiger charge is -2.18. The molecule has 1 saturated carbocycles. The fourth-order valence-electron chi connectivity index (χ4n) is 2.35. The van der Waals surface area contributed by atoms with Gasteiger partial charge in [-0.25, -0.2) is 0 Å². The number of esters is 1. The zero-order chi connectivity index (χ0) is 18.7. The van der Waals surface area contributed by atoms with Crippen molar-refractivity contribution in [3.8, 4) is 0 Å². The average molecular weight is 419 g/mol. The van der Waals surface area contributed by atoms with Gasteiger partial charge in [0.15, 0.2) is 0 Å². The highest BCUT2D eigenvalue weighted by atomic mass is 79.9. The second-order valence-electron chi connectivity index (χ2n) is 5.91. The second kappa shape index (κ2) is 7.65. The van der Waals surface area contributed by atoms with E-state index in [1.54, 1.807) is 30.3 Å². The first-order valence-corrected chi connectivity index (χ1v) is 8.75. The van der Waals surface area contributed by atoms with Crippen molar-refractivity contribution >= 4 is 39.2 Å². The number of non-ortho nitro benzene ring substituents is 1. The van der Waals surface area contributed by atoms with Crippen molar-refractivity contribution in [3.63, 3.8) is 0 Å². The minimum Gasteiger partial charge on any atom is -0.447 e. The fourth-order valence-corrected chi connectivity index (χ4v) is 2.82. The maximum Gasteiger partial charge on any atom is 0.310 e. The van der Waals surface area contributed by atoms with Gasteiger partial charge in [0, 0.05) is 22.2 Å². The van der Waals surface area contributed by atoms with Gasteiger partial charge in [-0.3, -0.25) is 19.7 Å². The van der Waals surface area contributed by atoms with Crippen molar-refractivity contribution in [2.45, 2.75) is 18.9 Å². The van der Waals surface area contributed by atoms with Crippen LogP contribution in [0.25, 0.3) is 0 Å². The molecular weight excluding hydrogens is 404 g/mol. The lowest BCUT2D eigenvalue weighted by molar-refractivity contribution is -0.384. The predicted molar refractivity (Wildman–Crippen MR) is 97.4 cm³/mol. The van der Waals surface area contributed by atoms with Gasteiger partial charge >= 0.3 is 5.97 Å². The summed E-state index contributed by atoms with van der Waals surface area (Å²) in [6.45, 7) is 0. The molecule has 0 radical (unpaired) electrons. The Bertz CT molecular complexity index is 852. The molecule has 8 heteroatoms. The number of carbonyl (C=O) groups excluding carboxylic acids is 2. The number of benzene rings is 2. The molecule has 0 heterocycles. The SMILES string of the molecule is O=C(OC(C(=O)Nc1ccc([N+](=O)[O-])cc1Br)c1ccccc1)C1CC1. The summed E-state index contributed by atoms with van der Waals surface area (Å²) >= 11 is 3.21. The van der Waals surface area contributed by atoms with Crippen molar-refractivity contribution < 1.29 is 19.2 Å². The number of anilines is 1. The van der Waals surface area contributed by atoms with Crippen LogP contribution in [0, 0.1) is 16.0 Å². The van der Waals surface area contributed by atoms with Crippen molar-refractivity contribution in [1.29, 1.82) is 0 Å². The van der Waals surface area contributed by atoms with Gasteiger partial charge in [0.2, 0.25) is 6.10 Å². The number of amides is 1. The molecule has 0 bridgehead atoms. The van der Waals surface area contributed by atoms with E-state index in [9.17, 15) is 19.7 Å². The summed E-state index contributed by atoms with van der Waals surface area (Å²) in [5.74, 6) is -1.06. The number of nitrogens with one attached hydrogen (secondary N) is 1. The lowest BCUT2D eigenvalue weighted by atomic mass is 10.1. The van der Waals surface area contributed by atoms with Gasteiger partial charge in [0.05, 0.1) is 16.5 Å². The normalized spacial score (nSPS) is 14.3. The molecule has 0 aliphatic heterocycles. The molecule has 1 amide bonds. The van der Waals surface area contributed by atoms with Gasteiger partial charge in [0.1, 0.15) is 0 Å². The van der Waals surface area contributed by atoms with Gasteiger partial charge in [-0.1, -0.05) is 30.3 Å². The van der Waals surface area contributed by atoms with E-state index in [-0.39, 0.29) is 11.6 Å². The standard InChI is InChI=1S/C18H15BrN2O5/c19-14-10-13(21(24)25)8-9-15(14)20-17(22)16(11-4-2-1-3-5-11)26-18(23)12-6-7-12/h1-5,8-10,12,16H,6-7H2,(H,20,22). The van der Waals surface area contributed by atoms with Gasteiger partial charge < -0.3 is 10.1 Å². The highest BCUT2D eigenvalue weighted by Crippen LogP contribution is 2.33. The van der Waals surface area contributed by atoms with E-state index in [1.165, 1.54) is 18.2 Å². The number of carbonyl (C=O) groups is 2. The number of rotatable bonds is 6. The maximum atomic E-state index is 12.7. The molecule has 134 valence electrons. The van der Waals surface area contributed by atoms with E-state index in [1.807, 2.05) is 0 Å². The monoisotopic (exact) mass is 418 g/mol. The summed E-state index contributed by atoms with van der Waals surface area (Å²) in [6.07, 6.45) is 0.456. The smallest absolute Gasteiger partial charge is 0.310 e. The van der Waals surface area contributed by atoms with Crippen molar-refractivity contribution in [1.82, 2.24) is 0 Å². The first-order chi connectivity index (χ1) is 12.5. The Kier molecular flexibility index (Phi) is 5.32. The number of ether oxygens (including phenoxy) is 1. The van der Waals surface area contributed by atoms with Crippen LogP contribution < -0.4 is 5.32 Å². The number of nitro benzene ring substituents is 1. The molecule has 7 nitrogen and oxygen atoms in total. The quantitative estimate of drug-likeness (QED) is 0.434. The number of nitro groups is 1. The lowest BCUT2D eigenvalue weighted by Crippen LogP contribution is -2.26. The molecule has 1 unspecified atom stereocenters. The van der Waals surface area contributed by atoms with Crippen LogP contribution in [0.4, 0.5) is 11.4 Å². The summed E-state index contributed by atoms with van der Waals surface area (Å²) in [5, 5.41) is 13.5. The van der Waals surface area contributed by atoms with Gasteiger partial charge in [-0.15, -0.1) is 0 Å². The van der Waals surface area contributed by atoms with E-state index >= 15 is 0 Å². The molecule has 1 atom stereocenters. The van der Waals surface area contributed by atoms with Crippen LogP contribution in [0.2, 0.25) is 0 Å². The minimum atomic E-state index is -1.09. The molecule has 0 aromatic heterocycles. The first-order valence-electron chi connectivity index (χ1n) is 7.96. The van der Waals surface area contributed by atoms with Gasteiger partial charge in [-0.2, -0.15) is 0 Å². The van der Waals surface area contributed by atoms with E-state index in [4.69, 9.17) is 4.74 Å². The highest BCUT2D eigenvalue weighted by molar-refractivity contribution is 9.10. The molecule has 0 saturated heterocycles. The number of halogens is 1. The fraction of sp³-hybridized carbons (Fsp3) is 0.222.